The van der Waals surface area contributed by atoms with Crippen LogP contribution in [-0.2, 0) is 10.0 Å². The van der Waals surface area contributed by atoms with Crippen LogP contribution in [0.2, 0.25) is 0 Å². The van der Waals surface area contributed by atoms with Crippen molar-refractivity contribution in [3.8, 4) is 11.8 Å². The van der Waals surface area contributed by atoms with Gasteiger partial charge in [0.15, 0.2) is 0 Å². The van der Waals surface area contributed by atoms with Gasteiger partial charge in [-0.05, 0) is 38.5 Å². The van der Waals surface area contributed by atoms with Gasteiger partial charge in [-0.25, -0.2) is 13.1 Å². The molecule has 0 aromatic carbocycles. The van der Waals surface area contributed by atoms with Crippen LogP contribution in [0.15, 0.2) is 12.4 Å². The Hall–Kier alpha value is -1.41. The van der Waals surface area contributed by atoms with Crippen molar-refractivity contribution in [3.05, 3.63) is 12.4 Å². The van der Waals surface area contributed by atoms with E-state index in [1.54, 1.807) is 6.20 Å². The monoisotopic (exact) mass is 327 g/mol. The molecule has 0 aliphatic heterocycles. The molecule has 2 aliphatic rings. The summed E-state index contributed by atoms with van der Waals surface area (Å²) in [6, 6.07) is 0.0295. The molecular weight excluding hydrogens is 306 g/mol. The fraction of sp³-hybridized carbons (Fsp3) is 0.714. The Kier molecular flexibility index (Phi) is 4.49. The van der Waals surface area contributed by atoms with E-state index in [0.29, 0.717) is 11.8 Å². The molecule has 7 nitrogen and oxygen atoms in total. The SMILES string of the molecule is COc1cncc(OC2CCC(NS(=O)(=O)C3CC3)CC2)n1. The lowest BCUT2D eigenvalue weighted by Crippen LogP contribution is -2.41. The Bertz CT molecular complexity index is 610. The molecule has 0 amide bonds. The molecule has 0 atom stereocenters. The van der Waals surface area contributed by atoms with E-state index >= 15 is 0 Å². The van der Waals surface area contributed by atoms with Gasteiger partial charge < -0.3 is 9.47 Å². The van der Waals surface area contributed by atoms with Gasteiger partial charge in [0.05, 0.1) is 24.8 Å². The number of aromatic nitrogens is 2. The van der Waals surface area contributed by atoms with E-state index in [9.17, 15) is 8.42 Å². The summed E-state index contributed by atoms with van der Waals surface area (Å²) >= 11 is 0. The third-order valence-corrected chi connectivity index (χ3v) is 6.07. The van der Waals surface area contributed by atoms with Gasteiger partial charge in [0.1, 0.15) is 6.10 Å². The van der Waals surface area contributed by atoms with E-state index in [4.69, 9.17) is 9.47 Å². The number of ether oxygens (including phenoxy) is 2. The minimum absolute atomic E-state index is 0.0295. The Morgan fingerprint density at radius 1 is 1.09 bits per heavy atom. The highest BCUT2D eigenvalue weighted by Crippen LogP contribution is 2.30. The highest BCUT2D eigenvalue weighted by Gasteiger charge is 2.37. The second-order valence-corrected chi connectivity index (χ2v) is 7.85. The van der Waals surface area contributed by atoms with Gasteiger partial charge in [0.25, 0.3) is 0 Å². The normalized spacial score (nSPS) is 25.7. The van der Waals surface area contributed by atoms with E-state index in [1.165, 1.54) is 13.3 Å². The van der Waals surface area contributed by atoms with Crippen LogP contribution in [0.25, 0.3) is 0 Å². The third kappa shape index (κ3) is 3.86. The van der Waals surface area contributed by atoms with Crippen LogP contribution in [0.3, 0.4) is 0 Å². The average Bonchev–Trinajstić information content (AvgIpc) is 3.34. The number of hydrogen-bond donors (Lipinski definition) is 1. The topological polar surface area (TPSA) is 90.4 Å². The molecule has 1 aromatic heterocycles. The number of nitrogens with one attached hydrogen (secondary N) is 1. The molecule has 3 rings (SSSR count). The fourth-order valence-electron chi connectivity index (χ4n) is 2.66. The molecule has 1 N–H and O–H groups in total. The first kappa shape index (κ1) is 15.5. The number of rotatable bonds is 6. The Morgan fingerprint density at radius 2 is 1.77 bits per heavy atom. The molecule has 0 saturated heterocycles. The zero-order chi connectivity index (χ0) is 15.6. The summed E-state index contributed by atoms with van der Waals surface area (Å²) in [5.74, 6) is 0.866. The molecule has 0 radical (unpaired) electrons. The standard InChI is InChI=1S/C14H21N3O4S/c1-20-13-8-15-9-14(16-13)21-11-4-2-10(3-5-11)17-22(18,19)12-6-7-12/h8-12,17H,2-7H2,1H3. The summed E-state index contributed by atoms with van der Waals surface area (Å²) in [4.78, 5) is 8.18. The van der Waals surface area contributed by atoms with Crippen molar-refractivity contribution in [1.82, 2.24) is 14.7 Å². The van der Waals surface area contributed by atoms with Crippen LogP contribution in [0.5, 0.6) is 11.8 Å². The molecule has 1 aromatic rings. The van der Waals surface area contributed by atoms with Crippen LogP contribution < -0.4 is 14.2 Å². The minimum atomic E-state index is -3.10. The number of methoxy groups -OCH3 is 1. The Balaban J connectivity index is 1.49. The molecule has 1 heterocycles. The zero-order valence-electron chi connectivity index (χ0n) is 12.6. The van der Waals surface area contributed by atoms with E-state index < -0.39 is 10.0 Å². The van der Waals surface area contributed by atoms with Crippen LogP contribution in [0.4, 0.5) is 0 Å². The summed E-state index contributed by atoms with van der Waals surface area (Å²) in [6.45, 7) is 0. The molecule has 2 saturated carbocycles. The molecule has 2 aliphatic carbocycles. The lowest BCUT2D eigenvalue weighted by molar-refractivity contribution is 0.136. The lowest BCUT2D eigenvalue weighted by Gasteiger charge is -2.29. The van der Waals surface area contributed by atoms with Crippen molar-refractivity contribution in [2.45, 2.75) is 55.9 Å². The van der Waals surface area contributed by atoms with Crippen molar-refractivity contribution in [2.24, 2.45) is 0 Å². The van der Waals surface area contributed by atoms with E-state index in [2.05, 4.69) is 14.7 Å². The number of nitrogens with zero attached hydrogens (tertiary/aromatic N) is 2. The van der Waals surface area contributed by atoms with E-state index in [0.717, 1.165) is 38.5 Å². The van der Waals surface area contributed by atoms with E-state index in [1.807, 2.05) is 0 Å². The lowest BCUT2D eigenvalue weighted by atomic mass is 9.94. The zero-order valence-corrected chi connectivity index (χ0v) is 13.4. The van der Waals surface area contributed by atoms with Crippen molar-refractivity contribution in [2.75, 3.05) is 7.11 Å². The molecular formula is C14H21N3O4S. The average molecular weight is 327 g/mol. The van der Waals surface area contributed by atoms with Crippen LogP contribution in [0.1, 0.15) is 38.5 Å². The minimum Gasteiger partial charge on any atom is -0.480 e. The van der Waals surface area contributed by atoms with E-state index in [-0.39, 0.29) is 17.4 Å². The van der Waals surface area contributed by atoms with Gasteiger partial charge in [-0.2, -0.15) is 4.98 Å². The smallest absolute Gasteiger partial charge is 0.235 e. The highest BCUT2D eigenvalue weighted by molar-refractivity contribution is 7.90. The van der Waals surface area contributed by atoms with Crippen LogP contribution >= 0.6 is 0 Å². The predicted molar refractivity (Wildman–Crippen MR) is 80.3 cm³/mol. The molecule has 122 valence electrons. The molecule has 8 heteroatoms. The molecule has 0 unspecified atom stereocenters. The number of hydrogen-bond acceptors (Lipinski definition) is 6. The largest absolute Gasteiger partial charge is 0.480 e. The van der Waals surface area contributed by atoms with Gasteiger partial charge in [-0.3, -0.25) is 4.98 Å². The van der Waals surface area contributed by atoms with Crippen LogP contribution in [0, 0.1) is 0 Å². The summed E-state index contributed by atoms with van der Waals surface area (Å²) in [6.07, 6.45) is 7.89. The predicted octanol–water partition coefficient (Wildman–Crippen LogP) is 1.26. The first-order valence-corrected chi connectivity index (χ1v) is 9.15. The second kappa shape index (κ2) is 6.37. The van der Waals surface area contributed by atoms with Gasteiger partial charge in [0.2, 0.25) is 21.8 Å². The van der Waals surface area contributed by atoms with Crippen molar-refractivity contribution in [1.29, 1.82) is 0 Å². The van der Waals surface area contributed by atoms with Gasteiger partial charge in [0, 0.05) is 6.04 Å². The molecule has 0 spiro atoms. The summed E-state index contributed by atoms with van der Waals surface area (Å²) in [5.41, 5.74) is 0. The summed E-state index contributed by atoms with van der Waals surface area (Å²) in [5, 5.41) is -0.159. The summed E-state index contributed by atoms with van der Waals surface area (Å²) < 4.78 is 37.5. The summed E-state index contributed by atoms with van der Waals surface area (Å²) in [7, 11) is -1.57. The quantitative estimate of drug-likeness (QED) is 0.846. The Labute approximate surface area is 130 Å². The Morgan fingerprint density at radius 3 is 2.41 bits per heavy atom. The van der Waals surface area contributed by atoms with Crippen molar-refractivity contribution in [3.63, 3.8) is 0 Å². The van der Waals surface area contributed by atoms with Crippen molar-refractivity contribution < 1.29 is 17.9 Å². The molecule has 22 heavy (non-hydrogen) atoms. The van der Waals surface area contributed by atoms with Gasteiger partial charge >= 0.3 is 0 Å². The van der Waals surface area contributed by atoms with Gasteiger partial charge in [-0.1, -0.05) is 0 Å². The number of sulfonamides is 1. The van der Waals surface area contributed by atoms with Crippen LogP contribution in [-0.4, -0.2) is 42.9 Å². The third-order valence-electron chi connectivity index (χ3n) is 4.06. The first-order chi connectivity index (χ1) is 10.6. The maximum atomic E-state index is 11.9. The maximum absolute atomic E-state index is 11.9. The maximum Gasteiger partial charge on any atom is 0.235 e. The highest BCUT2D eigenvalue weighted by atomic mass is 32.2. The van der Waals surface area contributed by atoms with Crippen molar-refractivity contribution >= 4 is 10.0 Å². The second-order valence-electron chi connectivity index (χ2n) is 5.85. The molecule has 2 fully saturated rings. The van der Waals surface area contributed by atoms with Gasteiger partial charge in [-0.15, -0.1) is 0 Å². The first-order valence-electron chi connectivity index (χ1n) is 7.60. The fourth-order valence-corrected chi connectivity index (χ4v) is 4.31. The molecule has 0 bridgehead atoms.